The van der Waals surface area contributed by atoms with Gasteiger partial charge in [-0.3, -0.25) is 4.79 Å². The standard InChI is InChI=1S/C50H88O7/c1-8-9-10-11-12-13-14-15-16-17-18-19-20-21-44(51)55-33-43-45(52)46(53)47(54)48(57-43)56-38-28-30-49(6)37(32-38)24-25-39-41-27-26-40(50(41,7)31-29-42(39)49)36(5)23-22-35(4)34(2)3/h24,34-36,38-43,45-48,52-54H,8-23,25-33H2,1-7H3/t35-,36-,38+,39+,40-,41+,42+,43?,45-,46?,47+,48-,49+,50-/m1/s1. The SMILES string of the molecule is CCCCCCCCCCCCCCCC(=O)OCC1O[C@@H](O[C@H]2CC[C@@]3(C)C(=CC[C@H]4[C@@H]5CC[C@H]([C@H](C)CC[C@@H](C)C(C)C)[C@@]5(C)CC[C@@H]43)C2)[C@@H](O)C(O)[C@@H]1O. The zero-order valence-electron chi connectivity index (χ0n) is 37.7. The summed E-state index contributed by atoms with van der Waals surface area (Å²) in [6, 6.07) is 0. The minimum atomic E-state index is -1.44. The Morgan fingerprint density at radius 1 is 0.789 bits per heavy atom. The zero-order valence-corrected chi connectivity index (χ0v) is 37.7. The molecule has 1 aliphatic heterocycles. The first-order valence-electron chi connectivity index (χ1n) is 24.5. The Morgan fingerprint density at radius 2 is 1.44 bits per heavy atom. The van der Waals surface area contributed by atoms with E-state index in [2.05, 4.69) is 54.5 Å². The van der Waals surface area contributed by atoms with Crippen molar-refractivity contribution in [2.75, 3.05) is 6.61 Å². The number of hydrogen-bond donors (Lipinski definition) is 3. The molecule has 0 aromatic carbocycles. The summed E-state index contributed by atoms with van der Waals surface area (Å²) in [5.41, 5.74) is 2.13. The van der Waals surface area contributed by atoms with Crippen LogP contribution < -0.4 is 0 Å². The average Bonchev–Trinajstić information content (AvgIpc) is 3.55. The molecule has 57 heavy (non-hydrogen) atoms. The van der Waals surface area contributed by atoms with E-state index in [9.17, 15) is 20.1 Å². The lowest BCUT2D eigenvalue weighted by Gasteiger charge is -2.58. The molecule has 2 unspecified atom stereocenters. The fourth-order valence-corrected chi connectivity index (χ4v) is 12.7. The van der Waals surface area contributed by atoms with Crippen molar-refractivity contribution in [3.8, 4) is 0 Å². The molecule has 0 amide bonds. The lowest BCUT2D eigenvalue weighted by molar-refractivity contribution is -0.313. The van der Waals surface area contributed by atoms with Crippen molar-refractivity contribution in [1.29, 1.82) is 0 Å². The molecular weight excluding hydrogens is 713 g/mol. The Hall–Kier alpha value is -0.990. The number of carbonyl (C=O) groups excluding carboxylic acids is 1. The van der Waals surface area contributed by atoms with Crippen molar-refractivity contribution >= 4 is 5.97 Å². The van der Waals surface area contributed by atoms with Gasteiger partial charge in [-0.05, 0) is 110 Å². The van der Waals surface area contributed by atoms with E-state index in [-0.39, 0.29) is 24.1 Å². The summed E-state index contributed by atoms with van der Waals surface area (Å²) >= 11 is 0. The Morgan fingerprint density at radius 3 is 2.09 bits per heavy atom. The number of allylic oxidation sites excluding steroid dienone is 1. The second kappa shape index (κ2) is 22.2. The molecule has 14 atom stereocenters. The Kier molecular flexibility index (Phi) is 18.3. The molecule has 0 bridgehead atoms. The van der Waals surface area contributed by atoms with Gasteiger partial charge < -0.3 is 29.5 Å². The summed E-state index contributed by atoms with van der Waals surface area (Å²) in [5.74, 6) is 5.17. The molecule has 7 nitrogen and oxygen atoms in total. The molecular formula is C50H88O7. The van der Waals surface area contributed by atoms with E-state index in [1.54, 1.807) is 0 Å². The van der Waals surface area contributed by atoms with E-state index in [0.29, 0.717) is 17.8 Å². The summed E-state index contributed by atoms with van der Waals surface area (Å²) in [5, 5.41) is 32.5. The van der Waals surface area contributed by atoms with Crippen molar-refractivity contribution in [2.45, 2.75) is 239 Å². The molecule has 4 fully saturated rings. The molecule has 4 aliphatic carbocycles. The van der Waals surface area contributed by atoms with Gasteiger partial charge in [0.15, 0.2) is 6.29 Å². The van der Waals surface area contributed by atoms with Crippen LogP contribution in [0.5, 0.6) is 0 Å². The van der Waals surface area contributed by atoms with E-state index in [4.69, 9.17) is 14.2 Å². The van der Waals surface area contributed by atoms with Crippen LogP contribution in [0.2, 0.25) is 0 Å². The molecule has 1 saturated heterocycles. The maximum absolute atomic E-state index is 12.6. The fraction of sp³-hybridized carbons (Fsp3) is 0.940. The van der Waals surface area contributed by atoms with Gasteiger partial charge in [0.1, 0.15) is 31.0 Å². The van der Waals surface area contributed by atoms with Crippen LogP contribution in [0, 0.1) is 52.3 Å². The molecule has 0 aromatic rings. The van der Waals surface area contributed by atoms with Gasteiger partial charge in [0.05, 0.1) is 6.10 Å². The van der Waals surface area contributed by atoms with Crippen LogP contribution in [0.25, 0.3) is 0 Å². The molecule has 5 rings (SSSR count). The van der Waals surface area contributed by atoms with E-state index in [1.807, 2.05) is 0 Å². The highest BCUT2D eigenvalue weighted by atomic mass is 16.7. The summed E-state index contributed by atoms with van der Waals surface area (Å²) < 4.78 is 18.0. The molecule has 330 valence electrons. The predicted octanol–water partition coefficient (Wildman–Crippen LogP) is 11.5. The number of fused-ring (bicyclic) bond motifs is 5. The van der Waals surface area contributed by atoms with Crippen LogP contribution in [0.1, 0.15) is 203 Å². The molecule has 0 spiro atoms. The van der Waals surface area contributed by atoms with Crippen LogP contribution in [0.15, 0.2) is 11.6 Å². The van der Waals surface area contributed by atoms with Crippen LogP contribution in [-0.4, -0.2) is 64.7 Å². The lowest BCUT2D eigenvalue weighted by Crippen LogP contribution is -2.60. The first kappa shape index (κ1) is 47.1. The third-order valence-corrected chi connectivity index (χ3v) is 16.9. The monoisotopic (exact) mass is 801 g/mol. The predicted molar refractivity (Wildman–Crippen MR) is 230 cm³/mol. The smallest absolute Gasteiger partial charge is 0.305 e. The first-order chi connectivity index (χ1) is 27.3. The second-order valence-electron chi connectivity index (χ2n) is 21.0. The van der Waals surface area contributed by atoms with E-state index >= 15 is 0 Å². The van der Waals surface area contributed by atoms with E-state index in [0.717, 1.165) is 80.5 Å². The van der Waals surface area contributed by atoms with Gasteiger partial charge in [-0.2, -0.15) is 0 Å². The third kappa shape index (κ3) is 11.9. The van der Waals surface area contributed by atoms with Crippen molar-refractivity contribution in [2.24, 2.45) is 52.3 Å². The molecule has 0 aromatic heterocycles. The number of esters is 1. The summed E-state index contributed by atoms with van der Waals surface area (Å²) in [6.07, 6.45) is 24.8. The normalized spacial score (nSPS) is 37.6. The van der Waals surface area contributed by atoms with Gasteiger partial charge >= 0.3 is 5.97 Å². The van der Waals surface area contributed by atoms with E-state index in [1.165, 1.54) is 108 Å². The van der Waals surface area contributed by atoms with Gasteiger partial charge in [-0.1, -0.05) is 150 Å². The quantitative estimate of drug-likeness (QED) is 0.0537. The minimum Gasteiger partial charge on any atom is -0.463 e. The van der Waals surface area contributed by atoms with Crippen molar-refractivity contribution < 1.29 is 34.3 Å². The molecule has 3 saturated carbocycles. The molecule has 5 aliphatic rings. The average molecular weight is 801 g/mol. The number of rotatable bonds is 23. The number of hydrogen-bond acceptors (Lipinski definition) is 7. The van der Waals surface area contributed by atoms with Crippen molar-refractivity contribution in [3.63, 3.8) is 0 Å². The Labute approximate surface area is 349 Å². The van der Waals surface area contributed by atoms with Gasteiger partial charge in [-0.15, -0.1) is 0 Å². The maximum atomic E-state index is 12.6. The largest absolute Gasteiger partial charge is 0.463 e. The second-order valence-corrected chi connectivity index (χ2v) is 21.0. The van der Waals surface area contributed by atoms with Crippen LogP contribution in [-0.2, 0) is 19.0 Å². The van der Waals surface area contributed by atoms with Gasteiger partial charge in [0, 0.05) is 6.42 Å². The molecule has 0 radical (unpaired) electrons. The highest BCUT2D eigenvalue weighted by molar-refractivity contribution is 5.69. The summed E-state index contributed by atoms with van der Waals surface area (Å²) in [4.78, 5) is 12.6. The number of aliphatic hydroxyl groups excluding tert-OH is 3. The molecule has 1 heterocycles. The van der Waals surface area contributed by atoms with Gasteiger partial charge in [0.25, 0.3) is 0 Å². The first-order valence-corrected chi connectivity index (χ1v) is 24.5. The molecule has 3 N–H and O–H groups in total. The molecule has 7 heteroatoms. The van der Waals surface area contributed by atoms with E-state index < -0.39 is 30.7 Å². The lowest BCUT2D eigenvalue weighted by atomic mass is 9.47. The Bertz CT molecular complexity index is 1230. The topological polar surface area (TPSA) is 105 Å². The minimum absolute atomic E-state index is 0.138. The van der Waals surface area contributed by atoms with Gasteiger partial charge in [-0.25, -0.2) is 0 Å². The van der Waals surface area contributed by atoms with Crippen LogP contribution >= 0.6 is 0 Å². The number of carbonyl (C=O) groups is 1. The summed E-state index contributed by atoms with van der Waals surface area (Å²) in [7, 11) is 0. The number of ether oxygens (including phenoxy) is 3. The highest BCUT2D eigenvalue weighted by Crippen LogP contribution is 2.67. The summed E-state index contributed by atoms with van der Waals surface area (Å²) in [6.45, 7) is 17.0. The maximum Gasteiger partial charge on any atom is 0.305 e. The Balaban J connectivity index is 1.04. The van der Waals surface area contributed by atoms with Gasteiger partial charge in [0.2, 0.25) is 0 Å². The fourth-order valence-electron chi connectivity index (χ4n) is 12.7. The van der Waals surface area contributed by atoms with Crippen LogP contribution in [0.3, 0.4) is 0 Å². The number of aliphatic hydroxyl groups is 3. The van der Waals surface area contributed by atoms with Crippen molar-refractivity contribution in [1.82, 2.24) is 0 Å². The van der Waals surface area contributed by atoms with Crippen LogP contribution in [0.4, 0.5) is 0 Å². The number of unbranched alkanes of at least 4 members (excludes halogenated alkanes) is 12. The highest BCUT2D eigenvalue weighted by Gasteiger charge is 2.59. The van der Waals surface area contributed by atoms with Crippen molar-refractivity contribution in [3.05, 3.63) is 11.6 Å². The zero-order chi connectivity index (χ0) is 41.2. The third-order valence-electron chi connectivity index (χ3n) is 16.9.